The summed E-state index contributed by atoms with van der Waals surface area (Å²) in [7, 11) is 1.50. The van der Waals surface area contributed by atoms with Gasteiger partial charge in [-0.1, -0.05) is 0 Å². The van der Waals surface area contributed by atoms with Crippen LogP contribution in [0.15, 0.2) is 29.3 Å². The molecule has 0 saturated carbocycles. The predicted molar refractivity (Wildman–Crippen MR) is 118 cm³/mol. The third-order valence-corrected chi connectivity index (χ3v) is 4.34. The molecule has 0 fully saturated rings. The second kappa shape index (κ2) is 13.2. The number of halogens is 3. The highest BCUT2D eigenvalue weighted by Crippen LogP contribution is 2.24. The van der Waals surface area contributed by atoms with Gasteiger partial charge in [0.1, 0.15) is 11.9 Å². The van der Waals surface area contributed by atoms with Crippen LogP contribution in [0.3, 0.4) is 0 Å². The summed E-state index contributed by atoms with van der Waals surface area (Å²) in [6.07, 6.45) is -6.18. The second-order valence-electron chi connectivity index (χ2n) is 6.98. The van der Waals surface area contributed by atoms with Crippen LogP contribution in [0.2, 0.25) is 0 Å². The van der Waals surface area contributed by atoms with E-state index in [2.05, 4.69) is 31.0 Å². The number of benzene rings is 1. The van der Waals surface area contributed by atoms with Gasteiger partial charge in [-0.15, -0.1) is 13.2 Å². The van der Waals surface area contributed by atoms with Crippen molar-refractivity contribution in [3.8, 4) is 5.75 Å². The summed E-state index contributed by atoms with van der Waals surface area (Å²) in [4.78, 5) is 42.0. The number of methoxy groups -OCH3 is 1. The van der Waals surface area contributed by atoms with Crippen LogP contribution in [-0.2, 0) is 14.3 Å². The van der Waals surface area contributed by atoms with E-state index in [0.29, 0.717) is 13.2 Å². The van der Waals surface area contributed by atoms with Crippen LogP contribution in [0, 0.1) is 0 Å². The number of amides is 4. The summed E-state index contributed by atoms with van der Waals surface area (Å²) in [5.74, 6) is -0.848. The monoisotopic (exact) mass is 504 g/mol. The molecule has 0 saturated heterocycles. The van der Waals surface area contributed by atoms with Crippen LogP contribution in [-0.4, -0.2) is 87.8 Å². The topological polar surface area (TPSA) is 143 Å². The first-order valence-corrected chi connectivity index (χ1v) is 10.5. The van der Waals surface area contributed by atoms with E-state index in [1.54, 1.807) is 11.8 Å². The number of aliphatic imine (C=N–C) groups is 1. The molecular weight excluding hydrogens is 477 g/mol. The molecule has 0 bridgehead atoms. The van der Waals surface area contributed by atoms with Gasteiger partial charge in [-0.3, -0.25) is 4.79 Å². The summed E-state index contributed by atoms with van der Waals surface area (Å²) in [6, 6.07) is 3.93. The zero-order valence-corrected chi connectivity index (χ0v) is 19.1. The van der Waals surface area contributed by atoms with Gasteiger partial charge in [0.25, 0.3) is 5.91 Å². The summed E-state index contributed by atoms with van der Waals surface area (Å²) >= 11 is 0. The lowest BCUT2D eigenvalue weighted by molar-refractivity contribution is -0.274. The van der Waals surface area contributed by atoms with Crippen molar-refractivity contribution in [1.29, 1.82) is 0 Å². The number of alkyl carbamates (subject to hydrolysis) is 1. The largest absolute Gasteiger partial charge is 0.573 e. The molecule has 1 aliphatic heterocycles. The Morgan fingerprint density at radius 3 is 2.46 bits per heavy atom. The van der Waals surface area contributed by atoms with Gasteiger partial charge in [-0.05, 0) is 31.2 Å². The van der Waals surface area contributed by atoms with Crippen molar-refractivity contribution in [2.75, 3.05) is 51.8 Å². The lowest BCUT2D eigenvalue weighted by Crippen LogP contribution is -2.45. The highest BCUT2D eigenvalue weighted by molar-refractivity contribution is 6.38. The summed E-state index contributed by atoms with van der Waals surface area (Å²) in [5.41, 5.74) is 0.224. The van der Waals surface area contributed by atoms with Crippen molar-refractivity contribution in [2.24, 2.45) is 4.99 Å². The maximum absolute atomic E-state index is 12.6. The zero-order chi connectivity index (χ0) is 25.8. The van der Waals surface area contributed by atoms with Crippen LogP contribution < -0.4 is 26.0 Å². The van der Waals surface area contributed by atoms with E-state index in [-0.39, 0.29) is 37.8 Å². The maximum atomic E-state index is 12.6. The first-order chi connectivity index (χ1) is 16.6. The van der Waals surface area contributed by atoms with Gasteiger partial charge in [0.15, 0.2) is 5.84 Å². The molecule has 0 spiro atoms. The number of urea groups is 1. The molecule has 35 heavy (non-hydrogen) atoms. The Balaban J connectivity index is 1.90. The molecule has 2 rings (SSSR count). The number of carbonyl (C=O) groups is 3. The van der Waals surface area contributed by atoms with E-state index >= 15 is 0 Å². The van der Waals surface area contributed by atoms with Gasteiger partial charge in [0.05, 0.1) is 19.8 Å². The smallest absolute Gasteiger partial charge is 0.450 e. The lowest BCUT2D eigenvalue weighted by Gasteiger charge is -2.20. The number of hydrogen-bond acceptors (Lipinski definition) is 8. The Bertz CT molecular complexity index is 896. The number of carbonyl (C=O) groups excluding carboxylic acids is 3. The molecule has 1 aromatic rings. The van der Waals surface area contributed by atoms with Crippen LogP contribution in [0.4, 0.5) is 28.4 Å². The fraction of sp³-hybridized carbons (Fsp3) is 0.500. The minimum absolute atomic E-state index is 0.0807. The Hall–Kier alpha value is -3.75. The minimum Gasteiger partial charge on any atom is -0.450 e. The van der Waals surface area contributed by atoms with Crippen LogP contribution in [0.25, 0.3) is 0 Å². The van der Waals surface area contributed by atoms with E-state index in [1.807, 2.05) is 0 Å². The number of alkyl halides is 3. The van der Waals surface area contributed by atoms with E-state index in [0.717, 1.165) is 12.1 Å². The van der Waals surface area contributed by atoms with E-state index in [4.69, 9.17) is 9.47 Å². The molecule has 1 unspecified atom stereocenters. The van der Waals surface area contributed by atoms with Gasteiger partial charge in [-0.25, -0.2) is 14.6 Å². The quantitative estimate of drug-likeness (QED) is 0.332. The SMILES string of the molecule is CCOC(=O)NCCNC(=O)C1=NC(NC(=O)Nc2ccc(OC(F)(F)F)cc2)CN1CCOC. The van der Waals surface area contributed by atoms with Crippen LogP contribution in [0.1, 0.15) is 6.92 Å². The summed E-state index contributed by atoms with van der Waals surface area (Å²) in [6.45, 7) is 3.00. The number of rotatable bonds is 11. The first kappa shape index (κ1) is 27.5. The number of nitrogens with one attached hydrogen (secondary N) is 4. The number of anilines is 1. The zero-order valence-electron chi connectivity index (χ0n) is 19.1. The van der Waals surface area contributed by atoms with E-state index < -0.39 is 36.3 Å². The third-order valence-electron chi connectivity index (χ3n) is 4.34. The molecule has 1 heterocycles. The second-order valence-corrected chi connectivity index (χ2v) is 6.98. The van der Waals surface area contributed by atoms with Crippen LogP contribution in [0.5, 0.6) is 5.75 Å². The molecule has 0 radical (unpaired) electrons. The van der Waals surface area contributed by atoms with Gasteiger partial charge in [0, 0.05) is 32.4 Å². The normalized spacial score (nSPS) is 15.2. The van der Waals surface area contributed by atoms with Gasteiger partial charge in [0.2, 0.25) is 0 Å². The Morgan fingerprint density at radius 1 is 1.14 bits per heavy atom. The van der Waals surface area contributed by atoms with Gasteiger partial charge in [-0.2, -0.15) is 0 Å². The van der Waals surface area contributed by atoms with Crippen molar-refractivity contribution in [2.45, 2.75) is 19.5 Å². The molecule has 4 amide bonds. The molecule has 1 atom stereocenters. The molecule has 15 heteroatoms. The van der Waals surface area contributed by atoms with E-state index in [1.165, 1.54) is 19.2 Å². The number of ether oxygens (including phenoxy) is 3. The van der Waals surface area contributed by atoms with Crippen molar-refractivity contribution >= 4 is 29.6 Å². The first-order valence-electron chi connectivity index (χ1n) is 10.5. The third kappa shape index (κ3) is 9.95. The molecule has 0 aliphatic carbocycles. The Morgan fingerprint density at radius 2 is 1.83 bits per heavy atom. The molecule has 194 valence electrons. The molecule has 1 aliphatic rings. The summed E-state index contributed by atoms with van der Waals surface area (Å²) < 4.78 is 50.3. The Kier molecular flexibility index (Phi) is 10.4. The maximum Gasteiger partial charge on any atom is 0.573 e. The average molecular weight is 504 g/mol. The molecule has 0 aromatic heterocycles. The molecule has 1 aromatic carbocycles. The van der Waals surface area contributed by atoms with Crippen LogP contribution >= 0.6 is 0 Å². The number of hydrogen-bond donors (Lipinski definition) is 4. The fourth-order valence-electron chi connectivity index (χ4n) is 2.90. The molecular formula is C20H27F3N6O6. The number of amidine groups is 1. The van der Waals surface area contributed by atoms with Gasteiger partial charge >= 0.3 is 18.5 Å². The Labute approximate surface area is 199 Å². The highest BCUT2D eigenvalue weighted by atomic mass is 19.4. The predicted octanol–water partition coefficient (Wildman–Crippen LogP) is 1.26. The number of nitrogens with zero attached hydrogens (tertiary/aromatic N) is 2. The van der Waals surface area contributed by atoms with Crippen molar-refractivity contribution in [1.82, 2.24) is 20.9 Å². The van der Waals surface area contributed by atoms with Gasteiger partial charge < -0.3 is 40.4 Å². The highest BCUT2D eigenvalue weighted by Gasteiger charge is 2.31. The van der Waals surface area contributed by atoms with Crippen molar-refractivity contribution < 1.29 is 41.8 Å². The lowest BCUT2D eigenvalue weighted by atomic mass is 10.3. The molecule has 12 nitrogen and oxygen atoms in total. The average Bonchev–Trinajstić information content (AvgIpc) is 3.18. The van der Waals surface area contributed by atoms with E-state index in [9.17, 15) is 27.6 Å². The standard InChI is InChI=1S/C20H27F3N6O6/c1-3-34-19(32)25-9-8-24-17(30)16-27-15(12-29(16)10-11-33-2)28-18(31)26-13-4-6-14(7-5-13)35-20(21,22)23/h4-7,15H,3,8-12H2,1-2H3,(H,24,30)(H,25,32)(H2,26,28,31). The van der Waals surface area contributed by atoms with Crippen molar-refractivity contribution in [3.63, 3.8) is 0 Å². The minimum atomic E-state index is -4.82. The molecule has 4 N–H and O–H groups in total. The fourth-order valence-corrected chi connectivity index (χ4v) is 2.90. The summed E-state index contributed by atoms with van der Waals surface area (Å²) in [5, 5.41) is 10.1. The van der Waals surface area contributed by atoms with Crippen molar-refractivity contribution in [3.05, 3.63) is 24.3 Å².